The minimum absolute atomic E-state index is 0.0112. The zero-order valence-corrected chi connectivity index (χ0v) is 19.6. The van der Waals surface area contributed by atoms with Gasteiger partial charge in [0.05, 0.1) is 31.8 Å². The smallest absolute Gasteiger partial charge is 0.407 e. The number of nitrogens with two attached hydrogens (primary N) is 1. The molecule has 0 aromatic carbocycles. The van der Waals surface area contributed by atoms with Crippen molar-refractivity contribution in [2.24, 2.45) is 0 Å². The van der Waals surface area contributed by atoms with Crippen LogP contribution in [0.4, 0.5) is 29.7 Å². The summed E-state index contributed by atoms with van der Waals surface area (Å²) in [6.07, 6.45) is -2.49. The summed E-state index contributed by atoms with van der Waals surface area (Å²) in [5, 5.41) is 5.57. The van der Waals surface area contributed by atoms with Gasteiger partial charge in [0.15, 0.2) is 5.82 Å². The monoisotopic (exact) mass is 507 g/mol. The highest BCUT2D eigenvalue weighted by Crippen LogP contribution is 2.58. The first kappa shape index (κ1) is 24.9. The molecule has 4 rings (SSSR count). The number of alkyl halides is 3. The van der Waals surface area contributed by atoms with Gasteiger partial charge < -0.3 is 30.8 Å². The third-order valence-electron chi connectivity index (χ3n) is 5.68. The van der Waals surface area contributed by atoms with Crippen LogP contribution in [-0.2, 0) is 10.2 Å². The molecule has 0 spiro atoms. The summed E-state index contributed by atoms with van der Waals surface area (Å²) in [6, 6.07) is 1.20. The lowest BCUT2D eigenvalue weighted by Gasteiger charge is -2.16. The first-order valence-electron chi connectivity index (χ1n) is 10.8. The number of nitrogens with one attached hydrogen (secondary N) is 3. The predicted octanol–water partition coefficient (Wildman–Crippen LogP) is 2.66. The van der Waals surface area contributed by atoms with Crippen LogP contribution in [0.3, 0.4) is 0 Å². The number of alkyl carbamates (subject to hydrolysis) is 1. The van der Waals surface area contributed by atoms with Crippen LogP contribution in [0.1, 0.15) is 25.6 Å². The number of methoxy groups -OCH3 is 2. The Morgan fingerprint density at radius 3 is 2.61 bits per heavy atom. The molecule has 1 aliphatic carbocycles. The maximum Gasteiger partial charge on any atom is 0.407 e. The number of H-pyrrole nitrogens is 1. The first-order valence-corrected chi connectivity index (χ1v) is 10.8. The molecule has 5 N–H and O–H groups in total. The summed E-state index contributed by atoms with van der Waals surface area (Å²) < 4.78 is 51.2. The molecule has 192 valence electrons. The summed E-state index contributed by atoms with van der Waals surface area (Å²) in [7, 11) is 2.60. The molecule has 0 radical (unpaired) electrons. The molecule has 3 aromatic heterocycles. The second-order valence-electron chi connectivity index (χ2n) is 8.22. The maximum absolute atomic E-state index is 13.9. The number of nitrogens with zero attached hydrogens (tertiary/aromatic N) is 5. The summed E-state index contributed by atoms with van der Waals surface area (Å²) >= 11 is 0. The van der Waals surface area contributed by atoms with Crippen LogP contribution in [0, 0.1) is 0 Å². The SMILES string of the molecule is COC(=O)N[C@@H](C)CNc1nccc(-c2[nH]c(C3(C(F)(F)F)CC3)nc2-c2cnc(N)c(OC)n2)n1. The van der Waals surface area contributed by atoms with Crippen molar-refractivity contribution < 1.29 is 27.4 Å². The number of hydrogen-bond acceptors (Lipinski definition) is 10. The molecule has 0 saturated heterocycles. The highest BCUT2D eigenvalue weighted by atomic mass is 19.4. The molecule has 0 unspecified atom stereocenters. The van der Waals surface area contributed by atoms with Crippen LogP contribution < -0.4 is 21.1 Å². The lowest BCUT2D eigenvalue weighted by molar-refractivity contribution is -0.162. The van der Waals surface area contributed by atoms with Crippen molar-refractivity contribution in [1.82, 2.24) is 35.2 Å². The maximum atomic E-state index is 13.9. The average Bonchev–Trinajstić information content (AvgIpc) is 3.56. The summed E-state index contributed by atoms with van der Waals surface area (Å²) in [4.78, 5) is 35.3. The van der Waals surface area contributed by atoms with Gasteiger partial charge in [-0.15, -0.1) is 0 Å². The van der Waals surface area contributed by atoms with Gasteiger partial charge in [0.1, 0.15) is 22.6 Å². The van der Waals surface area contributed by atoms with Gasteiger partial charge in [0.25, 0.3) is 5.88 Å². The van der Waals surface area contributed by atoms with Crippen molar-refractivity contribution in [2.75, 3.05) is 31.8 Å². The van der Waals surface area contributed by atoms with E-state index in [9.17, 15) is 18.0 Å². The fourth-order valence-corrected chi connectivity index (χ4v) is 3.53. The number of nitrogen functional groups attached to an aromatic ring is 1. The van der Waals surface area contributed by atoms with Gasteiger partial charge in [0, 0.05) is 18.8 Å². The highest BCUT2D eigenvalue weighted by molar-refractivity contribution is 5.75. The zero-order valence-electron chi connectivity index (χ0n) is 19.6. The van der Waals surface area contributed by atoms with E-state index in [-0.39, 0.29) is 71.7 Å². The van der Waals surface area contributed by atoms with Crippen LogP contribution in [0.25, 0.3) is 22.8 Å². The molecule has 3 aromatic rings. The third-order valence-corrected chi connectivity index (χ3v) is 5.68. The van der Waals surface area contributed by atoms with Crippen molar-refractivity contribution in [1.29, 1.82) is 0 Å². The number of aromatic nitrogens is 6. The number of rotatable bonds is 8. The van der Waals surface area contributed by atoms with Gasteiger partial charge in [-0.05, 0) is 25.8 Å². The number of ether oxygens (including phenoxy) is 2. The molecule has 12 nitrogen and oxygen atoms in total. The Kier molecular flexibility index (Phi) is 6.56. The second kappa shape index (κ2) is 9.47. The van der Waals surface area contributed by atoms with Gasteiger partial charge in [-0.2, -0.15) is 13.2 Å². The average molecular weight is 507 g/mol. The topological polar surface area (TPSA) is 166 Å². The Bertz CT molecular complexity index is 1260. The van der Waals surface area contributed by atoms with Crippen LogP contribution in [0.15, 0.2) is 18.5 Å². The number of anilines is 2. The van der Waals surface area contributed by atoms with E-state index in [2.05, 4.69) is 45.3 Å². The molecule has 15 heteroatoms. The Morgan fingerprint density at radius 1 is 1.22 bits per heavy atom. The van der Waals surface area contributed by atoms with Gasteiger partial charge in [-0.1, -0.05) is 0 Å². The molecule has 1 saturated carbocycles. The largest absolute Gasteiger partial charge is 0.478 e. The van der Waals surface area contributed by atoms with E-state index in [0.29, 0.717) is 0 Å². The van der Waals surface area contributed by atoms with E-state index in [1.165, 1.54) is 32.7 Å². The van der Waals surface area contributed by atoms with Crippen molar-refractivity contribution in [2.45, 2.75) is 37.4 Å². The lowest BCUT2D eigenvalue weighted by atomic mass is 10.1. The van der Waals surface area contributed by atoms with Crippen molar-refractivity contribution in [3.05, 3.63) is 24.3 Å². The quantitative estimate of drug-likeness (QED) is 0.356. The molecule has 1 aliphatic rings. The fourth-order valence-electron chi connectivity index (χ4n) is 3.53. The molecular formula is C21H24F3N9O3. The van der Waals surface area contributed by atoms with Crippen LogP contribution in [-0.4, -0.2) is 69.0 Å². The normalized spacial score (nSPS) is 15.2. The third kappa shape index (κ3) is 4.81. The van der Waals surface area contributed by atoms with E-state index in [1.54, 1.807) is 6.92 Å². The minimum Gasteiger partial charge on any atom is -0.478 e. The summed E-state index contributed by atoms with van der Waals surface area (Å²) in [5.74, 6) is -0.0135. The Labute approximate surface area is 203 Å². The molecule has 1 atom stereocenters. The van der Waals surface area contributed by atoms with E-state index in [0.717, 1.165) is 0 Å². The van der Waals surface area contributed by atoms with Gasteiger partial charge in [-0.3, -0.25) is 0 Å². The number of hydrogen-bond donors (Lipinski definition) is 4. The van der Waals surface area contributed by atoms with Gasteiger partial charge in [-0.25, -0.2) is 29.7 Å². The number of aromatic amines is 1. The number of carbonyl (C=O) groups excluding carboxylic acids is 1. The lowest BCUT2D eigenvalue weighted by Crippen LogP contribution is -2.37. The zero-order chi connectivity index (χ0) is 26.1. The molecule has 1 amide bonds. The number of halogens is 3. The second-order valence-corrected chi connectivity index (χ2v) is 8.22. The van der Waals surface area contributed by atoms with E-state index in [4.69, 9.17) is 10.5 Å². The van der Waals surface area contributed by atoms with Gasteiger partial charge in [0.2, 0.25) is 5.95 Å². The summed E-state index contributed by atoms with van der Waals surface area (Å²) in [5.41, 5.74) is 4.42. The van der Waals surface area contributed by atoms with Crippen molar-refractivity contribution in [3.63, 3.8) is 0 Å². The number of imidazole rings is 1. The van der Waals surface area contributed by atoms with Crippen molar-refractivity contribution in [3.8, 4) is 28.7 Å². The number of carbonyl (C=O) groups is 1. The molecule has 0 bridgehead atoms. The Balaban J connectivity index is 1.72. The van der Waals surface area contributed by atoms with Crippen LogP contribution in [0.5, 0.6) is 5.88 Å². The fraction of sp³-hybridized carbons (Fsp3) is 0.429. The van der Waals surface area contributed by atoms with E-state index >= 15 is 0 Å². The molecular weight excluding hydrogens is 483 g/mol. The molecule has 3 heterocycles. The highest BCUT2D eigenvalue weighted by Gasteiger charge is 2.66. The van der Waals surface area contributed by atoms with Crippen molar-refractivity contribution >= 4 is 17.9 Å². The van der Waals surface area contributed by atoms with Crippen LogP contribution >= 0.6 is 0 Å². The molecule has 1 fully saturated rings. The molecule has 0 aliphatic heterocycles. The predicted molar refractivity (Wildman–Crippen MR) is 122 cm³/mol. The van der Waals surface area contributed by atoms with Gasteiger partial charge >= 0.3 is 12.3 Å². The van der Waals surface area contributed by atoms with Crippen LogP contribution in [0.2, 0.25) is 0 Å². The number of amides is 1. The molecule has 36 heavy (non-hydrogen) atoms. The van der Waals surface area contributed by atoms with E-state index in [1.807, 2.05) is 0 Å². The summed E-state index contributed by atoms with van der Waals surface area (Å²) in [6.45, 7) is 2.00. The first-order chi connectivity index (χ1) is 17.1. The van der Waals surface area contributed by atoms with E-state index < -0.39 is 17.7 Å². The Hall–Kier alpha value is -4.17. The standard InChI is InChI=1S/C21H24F3N9O3/c1-10(29-19(34)36-3)8-28-18-26-7-4-11(31-18)13-14(12-9-27-15(25)16(30-12)35-2)33-17(32-13)20(5-6-20)21(22,23)24/h4,7,9-10H,5-6,8H2,1-3H3,(H2,25,27)(H,29,34)(H,32,33)(H,26,28,31)/t10-/m0/s1. The Morgan fingerprint density at radius 2 is 1.97 bits per heavy atom. The minimum atomic E-state index is -4.48.